The van der Waals surface area contributed by atoms with Crippen molar-refractivity contribution in [1.82, 2.24) is 4.90 Å². The fourth-order valence-corrected chi connectivity index (χ4v) is 3.91. The fourth-order valence-electron chi connectivity index (χ4n) is 3.91. The van der Waals surface area contributed by atoms with Gasteiger partial charge in [-0.05, 0) is 32.4 Å². The standard InChI is InChI=1S/C24H49NO2/c1-4-7-9-11-13-15-17-19-21-25(23(6-3)24(26)27)22-20-18-16-14-12-10-8-5-2/h23H,4-22H2,1-3H3,(H,26,27). The summed E-state index contributed by atoms with van der Waals surface area (Å²) in [6, 6.07) is -0.292. The minimum atomic E-state index is -0.642. The van der Waals surface area contributed by atoms with E-state index in [1.54, 1.807) is 0 Å². The lowest BCUT2D eigenvalue weighted by Gasteiger charge is -2.28. The minimum absolute atomic E-state index is 0.292. The van der Waals surface area contributed by atoms with Gasteiger partial charge in [0.05, 0.1) is 0 Å². The Morgan fingerprint density at radius 3 is 1.26 bits per heavy atom. The van der Waals surface area contributed by atoms with Crippen LogP contribution in [0.4, 0.5) is 0 Å². The molecule has 0 aliphatic heterocycles. The van der Waals surface area contributed by atoms with Gasteiger partial charge in [0, 0.05) is 0 Å². The first-order valence-electron chi connectivity index (χ1n) is 12.1. The third kappa shape index (κ3) is 16.1. The van der Waals surface area contributed by atoms with E-state index in [1.807, 2.05) is 6.92 Å². The van der Waals surface area contributed by atoms with Crippen LogP contribution in [0.1, 0.15) is 130 Å². The van der Waals surface area contributed by atoms with Gasteiger partial charge in [-0.3, -0.25) is 9.69 Å². The van der Waals surface area contributed by atoms with Gasteiger partial charge in [0.15, 0.2) is 0 Å². The van der Waals surface area contributed by atoms with Crippen molar-refractivity contribution < 1.29 is 9.90 Å². The van der Waals surface area contributed by atoms with Crippen molar-refractivity contribution in [3.8, 4) is 0 Å². The minimum Gasteiger partial charge on any atom is -0.480 e. The maximum absolute atomic E-state index is 11.6. The zero-order chi connectivity index (χ0) is 20.2. The van der Waals surface area contributed by atoms with Crippen LogP contribution in [-0.4, -0.2) is 35.1 Å². The van der Waals surface area contributed by atoms with Crippen molar-refractivity contribution in [3.05, 3.63) is 0 Å². The molecule has 0 aliphatic rings. The maximum Gasteiger partial charge on any atom is 0.320 e. The van der Waals surface area contributed by atoms with E-state index in [4.69, 9.17) is 0 Å². The van der Waals surface area contributed by atoms with Crippen molar-refractivity contribution in [3.63, 3.8) is 0 Å². The van der Waals surface area contributed by atoms with Crippen molar-refractivity contribution in [1.29, 1.82) is 0 Å². The molecule has 27 heavy (non-hydrogen) atoms. The number of aliphatic carboxylic acids is 1. The van der Waals surface area contributed by atoms with Crippen molar-refractivity contribution in [2.24, 2.45) is 0 Å². The Kier molecular flexibility index (Phi) is 19.7. The Morgan fingerprint density at radius 1 is 0.630 bits per heavy atom. The highest BCUT2D eigenvalue weighted by Crippen LogP contribution is 2.14. The summed E-state index contributed by atoms with van der Waals surface area (Å²) in [7, 11) is 0. The molecule has 0 aromatic carbocycles. The lowest BCUT2D eigenvalue weighted by Crippen LogP contribution is -2.42. The molecule has 0 radical (unpaired) electrons. The summed E-state index contributed by atoms with van der Waals surface area (Å²) in [5.41, 5.74) is 0. The first kappa shape index (κ1) is 26.4. The molecule has 0 saturated carbocycles. The zero-order valence-electron chi connectivity index (χ0n) is 18.8. The fraction of sp³-hybridized carbons (Fsp3) is 0.958. The summed E-state index contributed by atoms with van der Waals surface area (Å²) in [5.74, 6) is -0.642. The predicted octanol–water partition coefficient (Wildman–Crippen LogP) is 7.43. The molecular weight excluding hydrogens is 334 g/mol. The molecule has 0 fully saturated rings. The van der Waals surface area contributed by atoms with Crippen LogP contribution in [0, 0.1) is 0 Å². The molecule has 0 heterocycles. The summed E-state index contributed by atoms with van der Waals surface area (Å²) in [4.78, 5) is 13.8. The lowest BCUT2D eigenvalue weighted by atomic mass is 10.1. The van der Waals surface area contributed by atoms with Crippen LogP contribution >= 0.6 is 0 Å². The van der Waals surface area contributed by atoms with E-state index in [2.05, 4.69) is 18.7 Å². The van der Waals surface area contributed by atoms with Gasteiger partial charge < -0.3 is 5.11 Å². The monoisotopic (exact) mass is 383 g/mol. The molecule has 0 aliphatic carbocycles. The number of carboxylic acid groups (broad SMARTS) is 1. The second-order valence-electron chi connectivity index (χ2n) is 8.25. The molecule has 0 spiro atoms. The smallest absolute Gasteiger partial charge is 0.320 e. The normalized spacial score (nSPS) is 12.6. The van der Waals surface area contributed by atoms with E-state index >= 15 is 0 Å². The van der Waals surface area contributed by atoms with Crippen LogP contribution in [-0.2, 0) is 4.79 Å². The second-order valence-corrected chi connectivity index (χ2v) is 8.25. The van der Waals surface area contributed by atoms with Gasteiger partial charge >= 0.3 is 5.97 Å². The van der Waals surface area contributed by atoms with E-state index in [-0.39, 0.29) is 6.04 Å². The average Bonchev–Trinajstić information content (AvgIpc) is 2.65. The highest BCUT2D eigenvalue weighted by atomic mass is 16.4. The molecule has 0 amide bonds. The lowest BCUT2D eigenvalue weighted by molar-refractivity contribution is -0.143. The van der Waals surface area contributed by atoms with E-state index in [0.717, 1.165) is 25.9 Å². The van der Waals surface area contributed by atoms with Crippen LogP contribution in [0.2, 0.25) is 0 Å². The Hall–Kier alpha value is -0.570. The topological polar surface area (TPSA) is 40.5 Å². The number of unbranched alkanes of at least 4 members (excludes halogenated alkanes) is 14. The largest absolute Gasteiger partial charge is 0.480 e. The second kappa shape index (κ2) is 20.2. The highest BCUT2D eigenvalue weighted by Gasteiger charge is 2.22. The molecule has 3 nitrogen and oxygen atoms in total. The van der Waals surface area contributed by atoms with Gasteiger partial charge in [0.1, 0.15) is 6.04 Å². The number of rotatable bonds is 21. The number of carboxylic acids is 1. The molecular formula is C24H49NO2. The molecule has 1 unspecified atom stereocenters. The Balaban J connectivity index is 3.96. The van der Waals surface area contributed by atoms with Crippen LogP contribution in [0.5, 0.6) is 0 Å². The number of carbonyl (C=O) groups is 1. The van der Waals surface area contributed by atoms with Crippen molar-refractivity contribution in [2.75, 3.05) is 13.1 Å². The maximum atomic E-state index is 11.6. The summed E-state index contributed by atoms with van der Waals surface area (Å²) in [5, 5.41) is 9.55. The van der Waals surface area contributed by atoms with Gasteiger partial charge in [0.25, 0.3) is 0 Å². The zero-order valence-corrected chi connectivity index (χ0v) is 18.8. The first-order chi connectivity index (χ1) is 13.2. The molecule has 0 rings (SSSR count). The summed E-state index contributed by atoms with van der Waals surface area (Å²) in [6.45, 7) is 8.43. The van der Waals surface area contributed by atoms with E-state index in [0.29, 0.717) is 6.42 Å². The summed E-state index contributed by atoms with van der Waals surface area (Å²) >= 11 is 0. The number of nitrogens with zero attached hydrogens (tertiary/aromatic N) is 1. The van der Waals surface area contributed by atoms with Gasteiger partial charge in [0.2, 0.25) is 0 Å². The molecule has 1 atom stereocenters. The predicted molar refractivity (Wildman–Crippen MR) is 119 cm³/mol. The Labute approximate surface area is 170 Å². The van der Waals surface area contributed by atoms with Gasteiger partial charge in [-0.25, -0.2) is 0 Å². The van der Waals surface area contributed by atoms with E-state index in [1.165, 1.54) is 89.9 Å². The van der Waals surface area contributed by atoms with E-state index in [9.17, 15) is 9.90 Å². The first-order valence-corrected chi connectivity index (χ1v) is 12.1. The molecule has 3 heteroatoms. The molecule has 0 aromatic rings. The SMILES string of the molecule is CCCCCCCCCCN(CCCCCCCCCC)C(CC)C(=O)O. The average molecular weight is 384 g/mol. The van der Waals surface area contributed by atoms with Crippen LogP contribution in [0.3, 0.4) is 0 Å². The Bertz CT molecular complexity index is 300. The summed E-state index contributed by atoms with van der Waals surface area (Å²) < 4.78 is 0. The van der Waals surface area contributed by atoms with Gasteiger partial charge in [-0.15, -0.1) is 0 Å². The summed E-state index contributed by atoms with van der Waals surface area (Å²) in [6.07, 6.45) is 21.6. The van der Waals surface area contributed by atoms with Crippen molar-refractivity contribution >= 4 is 5.97 Å². The van der Waals surface area contributed by atoms with Gasteiger partial charge in [-0.2, -0.15) is 0 Å². The highest BCUT2D eigenvalue weighted by molar-refractivity contribution is 5.73. The Morgan fingerprint density at radius 2 is 0.963 bits per heavy atom. The van der Waals surface area contributed by atoms with Crippen LogP contribution in [0.15, 0.2) is 0 Å². The molecule has 0 saturated heterocycles. The third-order valence-electron chi connectivity index (χ3n) is 5.71. The van der Waals surface area contributed by atoms with E-state index < -0.39 is 5.97 Å². The molecule has 0 aromatic heterocycles. The quantitative estimate of drug-likeness (QED) is 0.209. The number of hydrogen-bond acceptors (Lipinski definition) is 2. The molecule has 1 N–H and O–H groups in total. The molecule has 0 bridgehead atoms. The third-order valence-corrected chi connectivity index (χ3v) is 5.71. The van der Waals surface area contributed by atoms with Crippen LogP contribution in [0.25, 0.3) is 0 Å². The van der Waals surface area contributed by atoms with Gasteiger partial charge in [-0.1, -0.05) is 111 Å². The van der Waals surface area contributed by atoms with Crippen molar-refractivity contribution in [2.45, 2.75) is 136 Å². The van der Waals surface area contributed by atoms with Crippen LogP contribution < -0.4 is 0 Å². The number of hydrogen-bond donors (Lipinski definition) is 1. The molecule has 162 valence electrons.